The molecular weight excluding hydrogens is 776 g/mol. The van der Waals surface area contributed by atoms with Gasteiger partial charge in [-0.05, 0) is 58.0 Å². The minimum absolute atomic E-state index is 0. The maximum Gasteiger partial charge on any atom is 0.121 e. The summed E-state index contributed by atoms with van der Waals surface area (Å²) in [5.41, 5.74) is 6.45. The number of aryl methyl sites for hydroxylation is 1. The van der Waals surface area contributed by atoms with E-state index in [1.165, 1.54) is 11.3 Å². The molecule has 0 fully saturated rings. The standard InChI is InChI=1S/C27H21FNO.C14H16NSi.Ir/c1-16(2)18-11-12-29-24(14-18)21-9-10-23(28)26-22-8-7-20(15-25(22)30-27(21)26)19-6-4-5-17(3)13-19;1-16(2,3)13-9-10-14(15-11-13)12-7-5-4-6-8-12;/h4-8,10-16H,1-3H3;4-7,9-11H,1-3H3;/q2*-1;/i3D3,16D;;. The molecular formula is C41H37FIrN2OSi-2. The van der Waals surface area contributed by atoms with E-state index in [1.807, 2.05) is 42.6 Å². The van der Waals surface area contributed by atoms with Crippen molar-refractivity contribution in [3.8, 4) is 33.6 Å². The first-order chi connectivity index (χ1) is 23.6. The van der Waals surface area contributed by atoms with Gasteiger partial charge in [-0.2, -0.15) is 0 Å². The molecule has 3 heterocycles. The number of furan rings is 1. The van der Waals surface area contributed by atoms with Crippen LogP contribution in [-0.2, 0) is 20.1 Å². The largest absolute Gasteiger partial charge is 0.500 e. The van der Waals surface area contributed by atoms with E-state index >= 15 is 0 Å². The molecule has 0 bridgehead atoms. The topological polar surface area (TPSA) is 38.9 Å². The zero-order valence-corrected chi connectivity index (χ0v) is 30.3. The molecule has 0 saturated carbocycles. The smallest absolute Gasteiger partial charge is 0.121 e. The molecule has 6 heteroatoms. The SMILES string of the molecule is C[Si](C)(C)c1ccc(-c2[c-]cccc2)nc1.[2H]C([2H])([2H])c1cccc(-c2ccc3c(c2)oc2c(-c4cc(C([2H])(C)C)ccn4)[c-]cc(F)c23)c1.[Ir]. The van der Waals surface area contributed by atoms with Gasteiger partial charge in [0.05, 0.1) is 13.7 Å². The molecule has 1 radical (unpaired) electrons. The van der Waals surface area contributed by atoms with Crippen LogP contribution in [0.15, 0.2) is 114 Å². The van der Waals surface area contributed by atoms with E-state index in [1.54, 1.807) is 62.5 Å². The molecule has 0 aliphatic heterocycles. The average molecular weight is 817 g/mol. The number of benzene rings is 4. The Labute approximate surface area is 296 Å². The van der Waals surface area contributed by atoms with Gasteiger partial charge in [-0.3, -0.25) is 4.39 Å². The number of hydrogen-bond acceptors (Lipinski definition) is 3. The van der Waals surface area contributed by atoms with Gasteiger partial charge in [-0.15, -0.1) is 48.0 Å². The Morgan fingerprint density at radius 2 is 1.70 bits per heavy atom. The van der Waals surface area contributed by atoms with Gasteiger partial charge in [0.25, 0.3) is 0 Å². The van der Waals surface area contributed by atoms with E-state index in [9.17, 15) is 4.39 Å². The van der Waals surface area contributed by atoms with Crippen molar-refractivity contribution in [1.29, 1.82) is 0 Å². The van der Waals surface area contributed by atoms with Crippen LogP contribution in [-0.4, -0.2) is 18.0 Å². The van der Waals surface area contributed by atoms with Crippen LogP contribution in [0.4, 0.5) is 4.39 Å². The fourth-order valence-corrected chi connectivity index (χ4v) is 6.31. The summed E-state index contributed by atoms with van der Waals surface area (Å²) in [5, 5.41) is 2.34. The van der Waals surface area contributed by atoms with E-state index in [2.05, 4.69) is 53.9 Å². The quantitative estimate of drug-likeness (QED) is 0.128. The number of aromatic nitrogens is 2. The Bertz CT molecular complexity index is 2300. The third-order valence-corrected chi connectivity index (χ3v) is 9.93. The summed E-state index contributed by atoms with van der Waals surface area (Å²) < 4.78 is 52.4. The molecule has 0 aliphatic carbocycles. The summed E-state index contributed by atoms with van der Waals surface area (Å²) >= 11 is 0. The van der Waals surface area contributed by atoms with Gasteiger partial charge < -0.3 is 14.4 Å². The van der Waals surface area contributed by atoms with Crippen LogP contribution in [0.25, 0.3) is 55.6 Å². The molecule has 7 aromatic rings. The molecule has 0 unspecified atom stereocenters. The molecule has 47 heavy (non-hydrogen) atoms. The summed E-state index contributed by atoms with van der Waals surface area (Å²) in [6, 6.07) is 35.4. The predicted octanol–water partition coefficient (Wildman–Crippen LogP) is 10.8. The normalized spacial score (nSPS) is 13.1. The van der Waals surface area contributed by atoms with Crippen LogP contribution < -0.4 is 5.19 Å². The van der Waals surface area contributed by atoms with Crippen molar-refractivity contribution in [3.05, 3.63) is 139 Å². The minimum atomic E-state index is -2.21. The van der Waals surface area contributed by atoms with Gasteiger partial charge in [-0.1, -0.05) is 105 Å². The Balaban J connectivity index is 0.000000249. The van der Waals surface area contributed by atoms with Gasteiger partial charge in [-0.25, -0.2) is 0 Å². The molecule has 0 atom stereocenters. The van der Waals surface area contributed by atoms with Crippen molar-refractivity contribution in [2.24, 2.45) is 0 Å². The van der Waals surface area contributed by atoms with Gasteiger partial charge in [0.2, 0.25) is 0 Å². The first-order valence-corrected chi connectivity index (χ1v) is 18.7. The molecule has 7 rings (SSSR count). The summed E-state index contributed by atoms with van der Waals surface area (Å²) in [6.45, 7) is 8.37. The third-order valence-electron chi connectivity index (χ3n) is 7.90. The molecule has 0 aliphatic rings. The predicted molar refractivity (Wildman–Crippen MR) is 191 cm³/mol. The zero-order chi connectivity index (χ0) is 35.8. The molecule has 0 saturated heterocycles. The fraction of sp³-hybridized carbons (Fsp3) is 0.171. The van der Waals surface area contributed by atoms with Gasteiger partial charge in [0, 0.05) is 49.2 Å². The number of halogens is 1. The summed E-state index contributed by atoms with van der Waals surface area (Å²) in [6.07, 6.45) is 3.64. The van der Waals surface area contributed by atoms with Gasteiger partial charge >= 0.3 is 0 Å². The minimum Gasteiger partial charge on any atom is -0.500 e. The summed E-state index contributed by atoms with van der Waals surface area (Å²) in [5.74, 6) is -1.27. The summed E-state index contributed by atoms with van der Waals surface area (Å²) in [4.78, 5) is 8.94. The maximum absolute atomic E-state index is 14.9. The Morgan fingerprint density at radius 3 is 2.40 bits per heavy atom. The maximum atomic E-state index is 14.9. The Kier molecular flexibility index (Phi) is 8.79. The number of hydrogen-bond donors (Lipinski definition) is 0. The van der Waals surface area contributed by atoms with Crippen LogP contribution in [0.2, 0.25) is 19.6 Å². The second-order valence-electron chi connectivity index (χ2n) is 12.5. The van der Waals surface area contributed by atoms with E-state index in [-0.39, 0.29) is 25.7 Å². The zero-order valence-electron chi connectivity index (χ0n) is 30.9. The van der Waals surface area contributed by atoms with Crippen molar-refractivity contribution in [1.82, 2.24) is 9.97 Å². The van der Waals surface area contributed by atoms with Crippen LogP contribution in [0, 0.1) is 24.8 Å². The number of rotatable bonds is 5. The summed E-state index contributed by atoms with van der Waals surface area (Å²) in [7, 11) is -1.23. The Morgan fingerprint density at radius 1 is 0.872 bits per heavy atom. The third kappa shape index (κ3) is 7.52. The van der Waals surface area contributed by atoms with Crippen LogP contribution in [0.3, 0.4) is 0 Å². The van der Waals surface area contributed by atoms with Crippen LogP contribution >= 0.6 is 0 Å². The first-order valence-electron chi connectivity index (χ1n) is 17.2. The molecule has 3 nitrogen and oxygen atoms in total. The monoisotopic (exact) mass is 817 g/mol. The Hall–Kier alpha value is -4.22. The van der Waals surface area contributed by atoms with Crippen molar-refractivity contribution in [2.75, 3.05) is 0 Å². The van der Waals surface area contributed by atoms with Gasteiger partial charge in [0.1, 0.15) is 5.58 Å². The average Bonchev–Trinajstić information content (AvgIpc) is 3.48. The first kappa shape index (κ1) is 29.0. The number of fused-ring (bicyclic) bond motifs is 3. The number of nitrogens with zero attached hydrogens (tertiary/aromatic N) is 2. The fourth-order valence-electron chi connectivity index (χ4n) is 5.28. The molecule has 0 spiro atoms. The van der Waals surface area contributed by atoms with E-state index in [0.717, 1.165) is 27.9 Å². The van der Waals surface area contributed by atoms with E-state index in [0.29, 0.717) is 33.2 Å². The van der Waals surface area contributed by atoms with Crippen molar-refractivity contribution >= 4 is 35.2 Å². The molecule has 3 aromatic heterocycles. The van der Waals surface area contributed by atoms with Gasteiger partial charge in [0.15, 0.2) is 0 Å². The second-order valence-corrected chi connectivity index (χ2v) is 17.6. The van der Waals surface area contributed by atoms with Crippen molar-refractivity contribution in [3.63, 3.8) is 0 Å². The van der Waals surface area contributed by atoms with Crippen LogP contribution in [0.5, 0.6) is 0 Å². The molecule has 239 valence electrons. The van der Waals surface area contributed by atoms with Crippen molar-refractivity contribution < 1.29 is 34.4 Å². The molecule has 0 N–H and O–H groups in total. The van der Waals surface area contributed by atoms with Crippen LogP contribution in [0.1, 0.15) is 36.4 Å². The van der Waals surface area contributed by atoms with Crippen molar-refractivity contribution in [2.45, 2.75) is 46.2 Å². The van der Waals surface area contributed by atoms with E-state index < -0.39 is 26.6 Å². The molecule has 0 amide bonds. The second kappa shape index (κ2) is 14.3. The van der Waals surface area contributed by atoms with E-state index in [4.69, 9.17) is 9.90 Å². The molecule has 4 aromatic carbocycles. The number of pyridine rings is 2.